The van der Waals surface area contributed by atoms with E-state index in [9.17, 15) is 0 Å². The molecule has 110 valence electrons. The molecule has 0 atom stereocenters. The van der Waals surface area contributed by atoms with Crippen LogP contribution in [-0.4, -0.2) is 37.1 Å². The summed E-state index contributed by atoms with van der Waals surface area (Å²) < 4.78 is 0. The summed E-state index contributed by atoms with van der Waals surface area (Å²) in [4.78, 5) is 2.61. The second kappa shape index (κ2) is 8.16. The first-order chi connectivity index (χ1) is 8.14. The average Bonchev–Trinajstić information content (AvgIpc) is 2.14. The highest BCUT2D eigenvalue weighted by atomic mass is 15.2. The quantitative estimate of drug-likeness (QED) is 0.678. The normalized spacial score (nSPS) is 13.3. The van der Waals surface area contributed by atoms with Crippen LogP contribution < -0.4 is 5.32 Å². The topological polar surface area (TPSA) is 15.3 Å². The van der Waals surface area contributed by atoms with Crippen LogP contribution in [0.15, 0.2) is 0 Å². The summed E-state index contributed by atoms with van der Waals surface area (Å²) in [5.74, 6) is 1.48. The lowest BCUT2D eigenvalue weighted by molar-refractivity contribution is 0.127. The summed E-state index contributed by atoms with van der Waals surface area (Å²) in [5.41, 5.74) is 0.341. The van der Waals surface area contributed by atoms with Crippen molar-refractivity contribution in [2.45, 2.75) is 61.4 Å². The molecule has 0 heterocycles. The standard InChI is InChI=1S/C16H36N2/c1-13(2)9-17-11-16(7,8)12-18(15(5)6)10-14(3)4/h13-15,17H,9-12H2,1-8H3. The predicted molar refractivity (Wildman–Crippen MR) is 83.0 cm³/mol. The molecule has 2 nitrogen and oxygen atoms in total. The van der Waals surface area contributed by atoms with Gasteiger partial charge in [-0.25, -0.2) is 0 Å². The Kier molecular flexibility index (Phi) is 8.13. The zero-order chi connectivity index (χ0) is 14.3. The lowest BCUT2D eigenvalue weighted by atomic mass is 9.91. The predicted octanol–water partition coefficient (Wildman–Crippen LogP) is 3.62. The van der Waals surface area contributed by atoms with Crippen molar-refractivity contribution < 1.29 is 0 Å². The van der Waals surface area contributed by atoms with E-state index in [4.69, 9.17) is 0 Å². The van der Waals surface area contributed by atoms with Gasteiger partial charge in [-0.2, -0.15) is 0 Å². The van der Waals surface area contributed by atoms with E-state index >= 15 is 0 Å². The Bertz CT molecular complexity index is 207. The molecule has 0 aromatic rings. The molecule has 0 rings (SSSR count). The molecule has 0 unspecified atom stereocenters. The van der Waals surface area contributed by atoms with E-state index in [0.717, 1.165) is 24.9 Å². The Morgan fingerprint density at radius 2 is 1.50 bits per heavy atom. The number of nitrogens with one attached hydrogen (secondary N) is 1. The van der Waals surface area contributed by atoms with E-state index in [1.165, 1.54) is 13.1 Å². The fourth-order valence-electron chi connectivity index (χ4n) is 2.23. The minimum atomic E-state index is 0.341. The maximum Gasteiger partial charge on any atom is 0.00476 e. The van der Waals surface area contributed by atoms with E-state index in [-0.39, 0.29) is 0 Å². The second-order valence-electron chi connectivity index (χ2n) is 7.61. The van der Waals surface area contributed by atoms with Gasteiger partial charge in [0.2, 0.25) is 0 Å². The van der Waals surface area contributed by atoms with E-state index in [0.29, 0.717) is 11.5 Å². The molecule has 0 radical (unpaired) electrons. The van der Waals surface area contributed by atoms with Crippen LogP contribution in [0.2, 0.25) is 0 Å². The van der Waals surface area contributed by atoms with Crippen molar-refractivity contribution in [3.8, 4) is 0 Å². The molecule has 2 heteroatoms. The first kappa shape index (κ1) is 17.9. The van der Waals surface area contributed by atoms with Crippen LogP contribution in [-0.2, 0) is 0 Å². The summed E-state index contributed by atoms with van der Waals surface area (Å²) in [6.45, 7) is 23.1. The van der Waals surface area contributed by atoms with Gasteiger partial charge >= 0.3 is 0 Å². The van der Waals surface area contributed by atoms with Crippen molar-refractivity contribution in [3.05, 3.63) is 0 Å². The zero-order valence-electron chi connectivity index (χ0n) is 14.0. The fraction of sp³-hybridized carbons (Fsp3) is 1.00. The summed E-state index contributed by atoms with van der Waals surface area (Å²) in [6, 6.07) is 0.636. The van der Waals surface area contributed by atoms with Crippen LogP contribution in [0, 0.1) is 17.3 Å². The molecule has 0 aliphatic rings. The monoisotopic (exact) mass is 256 g/mol. The van der Waals surface area contributed by atoms with Gasteiger partial charge in [0.15, 0.2) is 0 Å². The number of hydrogen-bond donors (Lipinski definition) is 1. The van der Waals surface area contributed by atoms with E-state index in [2.05, 4.69) is 65.6 Å². The summed E-state index contributed by atoms with van der Waals surface area (Å²) in [6.07, 6.45) is 0. The maximum absolute atomic E-state index is 3.60. The van der Waals surface area contributed by atoms with Crippen LogP contribution >= 0.6 is 0 Å². The van der Waals surface area contributed by atoms with Crippen LogP contribution in [0.25, 0.3) is 0 Å². The fourth-order valence-corrected chi connectivity index (χ4v) is 2.23. The largest absolute Gasteiger partial charge is 0.316 e. The maximum atomic E-state index is 3.60. The smallest absolute Gasteiger partial charge is 0.00476 e. The molecule has 0 amide bonds. The minimum Gasteiger partial charge on any atom is -0.316 e. The van der Waals surface area contributed by atoms with Gasteiger partial charge in [0, 0.05) is 25.7 Å². The van der Waals surface area contributed by atoms with Gasteiger partial charge in [-0.1, -0.05) is 41.5 Å². The van der Waals surface area contributed by atoms with Gasteiger partial charge in [0.05, 0.1) is 0 Å². The Morgan fingerprint density at radius 3 is 1.89 bits per heavy atom. The highest BCUT2D eigenvalue weighted by molar-refractivity contribution is 4.78. The number of hydrogen-bond acceptors (Lipinski definition) is 2. The van der Waals surface area contributed by atoms with Crippen molar-refractivity contribution >= 4 is 0 Å². The summed E-state index contributed by atoms with van der Waals surface area (Å²) in [7, 11) is 0. The summed E-state index contributed by atoms with van der Waals surface area (Å²) in [5, 5.41) is 3.60. The molecule has 0 aliphatic heterocycles. The molecular formula is C16H36N2. The van der Waals surface area contributed by atoms with Crippen molar-refractivity contribution in [2.75, 3.05) is 26.2 Å². The highest BCUT2D eigenvalue weighted by Crippen LogP contribution is 2.18. The van der Waals surface area contributed by atoms with Crippen molar-refractivity contribution in [2.24, 2.45) is 17.3 Å². The molecule has 0 saturated heterocycles. The summed E-state index contributed by atoms with van der Waals surface area (Å²) >= 11 is 0. The number of nitrogens with zero attached hydrogens (tertiary/aromatic N) is 1. The molecule has 0 aromatic heterocycles. The molecule has 0 spiro atoms. The van der Waals surface area contributed by atoms with Crippen LogP contribution in [0.1, 0.15) is 55.4 Å². The van der Waals surface area contributed by atoms with Crippen molar-refractivity contribution in [1.82, 2.24) is 10.2 Å². The van der Waals surface area contributed by atoms with Crippen molar-refractivity contribution in [1.29, 1.82) is 0 Å². The minimum absolute atomic E-state index is 0.341. The molecule has 0 fully saturated rings. The van der Waals surface area contributed by atoms with Gasteiger partial charge < -0.3 is 10.2 Å². The zero-order valence-corrected chi connectivity index (χ0v) is 14.0. The molecule has 0 saturated carbocycles. The van der Waals surface area contributed by atoms with Gasteiger partial charge in [0.25, 0.3) is 0 Å². The molecule has 0 aliphatic carbocycles. The van der Waals surface area contributed by atoms with Crippen LogP contribution in [0.5, 0.6) is 0 Å². The first-order valence-electron chi connectivity index (χ1n) is 7.59. The lowest BCUT2D eigenvalue weighted by Crippen LogP contribution is -2.45. The van der Waals surface area contributed by atoms with Gasteiger partial charge in [0.1, 0.15) is 0 Å². The van der Waals surface area contributed by atoms with E-state index in [1.807, 2.05) is 0 Å². The van der Waals surface area contributed by atoms with Crippen LogP contribution in [0.3, 0.4) is 0 Å². The Hall–Kier alpha value is -0.0800. The molecule has 0 aromatic carbocycles. The Morgan fingerprint density at radius 1 is 0.944 bits per heavy atom. The molecule has 1 N–H and O–H groups in total. The third-order valence-electron chi connectivity index (χ3n) is 3.12. The number of rotatable bonds is 9. The van der Waals surface area contributed by atoms with E-state index < -0.39 is 0 Å². The Labute approximate surface area is 116 Å². The van der Waals surface area contributed by atoms with Gasteiger partial charge in [-0.05, 0) is 37.6 Å². The molecular weight excluding hydrogens is 220 g/mol. The third-order valence-corrected chi connectivity index (χ3v) is 3.12. The first-order valence-corrected chi connectivity index (χ1v) is 7.59. The second-order valence-corrected chi connectivity index (χ2v) is 7.61. The lowest BCUT2D eigenvalue weighted by Gasteiger charge is -2.36. The van der Waals surface area contributed by atoms with Gasteiger partial charge in [-0.15, -0.1) is 0 Å². The van der Waals surface area contributed by atoms with Crippen LogP contribution in [0.4, 0.5) is 0 Å². The third kappa shape index (κ3) is 8.93. The Balaban J connectivity index is 4.23. The SMILES string of the molecule is CC(C)CNCC(C)(C)CN(CC(C)C)C(C)C. The van der Waals surface area contributed by atoms with Gasteiger partial charge in [-0.3, -0.25) is 0 Å². The molecule has 0 bridgehead atoms. The van der Waals surface area contributed by atoms with Crippen molar-refractivity contribution in [3.63, 3.8) is 0 Å². The van der Waals surface area contributed by atoms with E-state index in [1.54, 1.807) is 0 Å². The highest BCUT2D eigenvalue weighted by Gasteiger charge is 2.23. The average molecular weight is 256 g/mol. The molecule has 18 heavy (non-hydrogen) atoms.